The highest BCUT2D eigenvalue weighted by Crippen LogP contribution is 2.40. The van der Waals surface area contributed by atoms with Crippen LogP contribution < -0.4 is 5.19 Å². The minimum atomic E-state index is -1.46. The van der Waals surface area contributed by atoms with Crippen molar-refractivity contribution >= 4 is 46.2 Å². The molecule has 0 saturated heterocycles. The van der Waals surface area contributed by atoms with E-state index in [-0.39, 0.29) is 0 Å². The van der Waals surface area contributed by atoms with Crippen molar-refractivity contribution in [3.05, 3.63) is 90.0 Å². The average Bonchev–Trinajstić information content (AvgIpc) is 3.45. The van der Waals surface area contributed by atoms with E-state index in [9.17, 15) is 0 Å². The predicted molar refractivity (Wildman–Crippen MR) is 165 cm³/mol. The van der Waals surface area contributed by atoms with E-state index in [0.717, 1.165) is 44.4 Å². The maximum atomic E-state index is 6.68. The summed E-state index contributed by atoms with van der Waals surface area (Å²) in [5.41, 5.74) is 8.90. The first-order valence-corrected chi connectivity index (χ1v) is 17.2. The molecule has 4 heteroatoms. The molecule has 6 rings (SSSR count). The summed E-state index contributed by atoms with van der Waals surface area (Å²) >= 11 is 0. The lowest BCUT2D eigenvalue weighted by Gasteiger charge is -2.22. The van der Waals surface area contributed by atoms with Crippen LogP contribution in [-0.2, 0) is 0 Å². The number of benzene rings is 4. The number of fused-ring (bicyclic) bond motifs is 4. The van der Waals surface area contributed by atoms with E-state index in [2.05, 4.69) is 131 Å². The third-order valence-corrected chi connectivity index (χ3v) is 9.78. The molecule has 6 aromatic rings. The van der Waals surface area contributed by atoms with Crippen LogP contribution in [0.5, 0.6) is 0 Å². The van der Waals surface area contributed by atoms with Gasteiger partial charge in [0, 0.05) is 10.8 Å². The molecule has 38 heavy (non-hydrogen) atoms. The zero-order chi connectivity index (χ0) is 26.8. The van der Waals surface area contributed by atoms with Gasteiger partial charge in [-0.1, -0.05) is 107 Å². The largest absolute Gasteiger partial charge is 0.455 e. The summed E-state index contributed by atoms with van der Waals surface area (Å²) in [6.45, 7) is 16.2. The van der Waals surface area contributed by atoms with Crippen LogP contribution in [0.3, 0.4) is 0 Å². The topological polar surface area (TPSA) is 31.0 Å². The summed E-state index contributed by atoms with van der Waals surface area (Å²) in [5, 5.41) is 3.71. The Balaban J connectivity index is 1.71. The van der Waals surface area contributed by atoms with Gasteiger partial charge in [-0.25, -0.2) is 4.98 Å². The van der Waals surface area contributed by atoms with Gasteiger partial charge < -0.3 is 4.42 Å². The fraction of sp³-hybridized carbons (Fsp3) is 0.265. The predicted octanol–water partition coefficient (Wildman–Crippen LogP) is 9.38. The quantitative estimate of drug-likeness (QED) is 0.214. The van der Waals surface area contributed by atoms with Gasteiger partial charge in [0.05, 0.1) is 30.4 Å². The van der Waals surface area contributed by atoms with Crippen molar-refractivity contribution in [1.29, 1.82) is 0 Å². The minimum Gasteiger partial charge on any atom is -0.455 e. The van der Waals surface area contributed by atoms with Crippen LogP contribution in [0.2, 0.25) is 19.6 Å². The Morgan fingerprint density at radius 2 is 1.42 bits per heavy atom. The molecule has 0 saturated carbocycles. The molecule has 0 aliphatic heterocycles. The standard InChI is InChI=1S/C34H36N2OSi/c1-21(2)24-12-10-13-25(22(3)4)32(24)36-30-17-9-8-16-29(30)35-34(36)28-15-11-14-27-26-19-18-23(38(5,6)7)20-31(26)37-33(27)28/h8-22H,1-7H3. The lowest BCUT2D eigenvalue weighted by atomic mass is 9.92. The molecule has 0 N–H and O–H groups in total. The number of nitrogens with zero attached hydrogens (tertiary/aromatic N) is 2. The van der Waals surface area contributed by atoms with Crippen molar-refractivity contribution in [1.82, 2.24) is 9.55 Å². The highest BCUT2D eigenvalue weighted by atomic mass is 28.3. The summed E-state index contributed by atoms with van der Waals surface area (Å²) in [7, 11) is -1.46. The molecule has 4 aromatic carbocycles. The van der Waals surface area contributed by atoms with Crippen LogP contribution in [0.4, 0.5) is 0 Å². The molecule has 0 atom stereocenters. The Morgan fingerprint density at radius 3 is 2.11 bits per heavy atom. The number of aromatic nitrogens is 2. The lowest BCUT2D eigenvalue weighted by Crippen LogP contribution is -2.37. The van der Waals surface area contributed by atoms with E-state index in [1.54, 1.807) is 0 Å². The second-order valence-corrected chi connectivity index (χ2v) is 17.2. The fourth-order valence-corrected chi connectivity index (χ4v) is 6.79. The number of para-hydroxylation sites is 4. The van der Waals surface area contributed by atoms with Gasteiger partial charge in [0.15, 0.2) is 0 Å². The Morgan fingerprint density at radius 1 is 0.737 bits per heavy atom. The summed E-state index contributed by atoms with van der Waals surface area (Å²) in [4.78, 5) is 5.25. The number of furan rings is 1. The summed E-state index contributed by atoms with van der Waals surface area (Å²) in [5.74, 6) is 1.68. The van der Waals surface area contributed by atoms with Crippen LogP contribution in [-0.4, -0.2) is 17.6 Å². The Labute approximate surface area is 226 Å². The molecule has 0 fully saturated rings. The van der Waals surface area contributed by atoms with Gasteiger partial charge in [0.2, 0.25) is 0 Å². The van der Waals surface area contributed by atoms with Crippen LogP contribution in [0.15, 0.2) is 83.3 Å². The lowest BCUT2D eigenvalue weighted by molar-refractivity contribution is 0.669. The zero-order valence-electron chi connectivity index (χ0n) is 23.5. The van der Waals surface area contributed by atoms with Gasteiger partial charge in [0.25, 0.3) is 0 Å². The smallest absolute Gasteiger partial charge is 0.149 e. The summed E-state index contributed by atoms with van der Waals surface area (Å²) in [6.07, 6.45) is 0. The number of imidazole rings is 1. The first-order chi connectivity index (χ1) is 18.1. The maximum Gasteiger partial charge on any atom is 0.149 e. The van der Waals surface area contributed by atoms with E-state index in [1.165, 1.54) is 22.0 Å². The number of rotatable bonds is 5. The molecule has 0 aliphatic carbocycles. The molecule has 0 bridgehead atoms. The number of hydrogen-bond donors (Lipinski definition) is 0. The van der Waals surface area contributed by atoms with Crippen molar-refractivity contribution < 1.29 is 4.42 Å². The fourth-order valence-electron chi connectivity index (χ4n) is 5.64. The van der Waals surface area contributed by atoms with Gasteiger partial charge in [0.1, 0.15) is 17.0 Å². The Bertz CT molecular complexity index is 1790. The average molecular weight is 517 g/mol. The molecule has 0 amide bonds. The number of hydrogen-bond acceptors (Lipinski definition) is 2. The van der Waals surface area contributed by atoms with Crippen LogP contribution in [0.25, 0.3) is 50.0 Å². The van der Waals surface area contributed by atoms with Gasteiger partial charge in [-0.2, -0.15) is 0 Å². The third-order valence-electron chi connectivity index (χ3n) is 7.73. The van der Waals surface area contributed by atoms with Crippen molar-refractivity contribution in [3.8, 4) is 17.1 Å². The highest BCUT2D eigenvalue weighted by Gasteiger charge is 2.25. The first-order valence-electron chi connectivity index (χ1n) is 13.7. The first kappa shape index (κ1) is 24.7. The van der Waals surface area contributed by atoms with Crippen molar-refractivity contribution in [2.45, 2.75) is 59.2 Å². The molecule has 192 valence electrons. The second-order valence-electron chi connectivity index (χ2n) is 12.1. The van der Waals surface area contributed by atoms with Gasteiger partial charge >= 0.3 is 0 Å². The molecular weight excluding hydrogens is 480 g/mol. The third kappa shape index (κ3) is 3.90. The minimum absolute atomic E-state index is 0.375. The van der Waals surface area contributed by atoms with E-state index >= 15 is 0 Å². The van der Waals surface area contributed by atoms with Crippen LogP contribution >= 0.6 is 0 Å². The van der Waals surface area contributed by atoms with E-state index < -0.39 is 8.07 Å². The van der Waals surface area contributed by atoms with Crippen molar-refractivity contribution in [2.24, 2.45) is 0 Å². The summed E-state index contributed by atoms with van der Waals surface area (Å²) in [6, 6.07) is 28.5. The maximum absolute atomic E-state index is 6.68. The Hall–Kier alpha value is -3.63. The molecule has 0 radical (unpaired) electrons. The normalized spacial score (nSPS) is 12.6. The van der Waals surface area contributed by atoms with E-state index in [0.29, 0.717) is 11.8 Å². The summed E-state index contributed by atoms with van der Waals surface area (Å²) < 4.78 is 9.07. The van der Waals surface area contributed by atoms with Gasteiger partial charge in [-0.15, -0.1) is 0 Å². The molecule has 2 heterocycles. The van der Waals surface area contributed by atoms with Crippen LogP contribution in [0, 0.1) is 0 Å². The monoisotopic (exact) mass is 516 g/mol. The van der Waals surface area contributed by atoms with Crippen LogP contribution in [0.1, 0.15) is 50.7 Å². The second kappa shape index (κ2) is 8.99. The van der Waals surface area contributed by atoms with E-state index in [4.69, 9.17) is 9.40 Å². The van der Waals surface area contributed by atoms with Gasteiger partial charge in [-0.3, -0.25) is 4.57 Å². The highest BCUT2D eigenvalue weighted by molar-refractivity contribution is 6.88. The molecule has 0 unspecified atom stereocenters. The SMILES string of the molecule is CC(C)c1cccc(C(C)C)c1-n1c(-c2cccc3c2oc2cc([Si](C)(C)C)ccc23)nc2ccccc21. The van der Waals surface area contributed by atoms with E-state index in [1.807, 2.05) is 0 Å². The molecule has 0 spiro atoms. The molecule has 3 nitrogen and oxygen atoms in total. The van der Waals surface area contributed by atoms with Crippen molar-refractivity contribution in [2.75, 3.05) is 0 Å². The molecule has 2 aromatic heterocycles. The molecule has 0 aliphatic rings. The van der Waals surface area contributed by atoms with Crippen molar-refractivity contribution in [3.63, 3.8) is 0 Å². The Kier molecular flexibility index (Phi) is 5.84. The van der Waals surface area contributed by atoms with Gasteiger partial charge in [-0.05, 0) is 47.2 Å². The zero-order valence-corrected chi connectivity index (χ0v) is 24.5. The molecular formula is C34H36N2OSi.